The Morgan fingerprint density at radius 3 is 2.62 bits per heavy atom. The molecule has 8 heteroatoms. The number of carbonyl (C=O) groups is 2. The van der Waals surface area contributed by atoms with E-state index in [0.717, 1.165) is 4.47 Å². The van der Waals surface area contributed by atoms with Crippen molar-refractivity contribution in [2.24, 2.45) is 0 Å². The van der Waals surface area contributed by atoms with Crippen molar-refractivity contribution >= 4 is 33.6 Å². The Morgan fingerprint density at radius 2 is 2.04 bits per heavy atom. The van der Waals surface area contributed by atoms with Crippen LogP contribution in [-0.4, -0.2) is 41.6 Å². The fraction of sp³-hybridized carbons (Fsp3) is 0.312. The summed E-state index contributed by atoms with van der Waals surface area (Å²) in [6, 6.07) is 8.76. The van der Waals surface area contributed by atoms with Crippen LogP contribution in [0.15, 0.2) is 39.3 Å². The number of anilines is 1. The summed E-state index contributed by atoms with van der Waals surface area (Å²) in [4.78, 5) is 25.5. The second kappa shape index (κ2) is 7.96. The average molecular weight is 396 g/mol. The van der Waals surface area contributed by atoms with Crippen LogP contribution in [0.3, 0.4) is 0 Å². The Kier molecular flexibility index (Phi) is 5.97. The summed E-state index contributed by atoms with van der Waals surface area (Å²) < 4.78 is 11.4. The Labute approximate surface area is 148 Å². The first-order valence-corrected chi connectivity index (χ1v) is 8.05. The minimum Gasteiger partial charge on any atom is -0.481 e. The van der Waals surface area contributed by atoms with Crippen molar-refractivity contribution in [3.05, 3.63) is 40.6 Å². The molecule has 1 N–H and O–H groups in total. The van der Waals surface area contributed by atoms with Crippen LogP contribution in [0, 0.1) is 6.92 Å². The van der Waals surface area contributed by atoms with Gasteiger partial charge in [0.25, 0.3) is 5.91 Å². The Morgan fingerprint density at radius 1 is 1.38 bits per heavy atom. The van der Waals surface area contributed by atoms with Gasteiger partial charge in [-0.1, -0.05) is 21.1 Å². The molecule has 0 spiro atoms. The number of halogens is 1. The van der Waals surface area contributed by atoms with E-state index in [-0.39, 0.29) is 18.4 Å². The van der Waals surface area contributed by atoms with Crippen LogP contribution in [0.1, 0.15) is 12.7 Å². The van der Waals surface area contributed by atoms with Crippen molar-refractivity contribution in [3.63, 3.8) is 0 Å². The van der Waals surface area contributed by atoms with Crippen LogP contribution in [0.2, 0.25) is 0 Å². The number of aromatic nitrogens is 1. The third-order valence-electron chi connectivity index (χ3n) is 3.13. The molecule has 24 heavy (non-hydrogen) atoms. The number of benzene rings is 1. The van der Waals surface area contributed by atoms with E-state index in [2.05, 4.69) is 26.4 Å². The smallest absolute Gasteiger partial charge is 0.263 e. The maximum atomic E-state index is 12.3. The normalized spacial score (nSPS) is 11.7. The highest BCUT2D eigenvalue weighted by molar-refractivity contribution is 9.10. The van der Waals surface area contributed by atoms with Gasteiger partial charge in [0.2, 0.25) is 5.91 Å². The van der Waals surface area contributed by atoms with Gasteiger partial charge in [0.15, 0.2) is 11.9 Å². The summed E-state index contributed by atoms with van der Waals surface area (Å²) in [5.41, 5.74) is 0. The molecule has 0 bridgehead atoms. The first-order chi connectivity index (χ1) is 11.3. The molecule has 1 heterocycles. The van der Waals surface area contributed by atoms with E-state index in [1.54, 1.807) is 32.0 Å². The van der Waals surface area contributed by atoms with Crippen LogP contribution in [0.4, 0.5) is 5.82 Å². The lowest BCUT2D eigenvalue weighted by Gasteiger charge is -2.21. The molecule has 0 saturated carbocycles. The van der Waals surface area contributed by atoms with Crippen LogP contribution < -0.4 is 10.1 Å². The van der Waals surface area contributed by atoms with Crippen molar-refractivity contribution in [1.82, 2.24) is 10.1 Å². The summed E-state index contributed by atoms with van der Waals surface area (Å²) >= 11 is 3.33. The summed E-state index contributed by atoms with van der Waals surface area (Å²) in [7, 11) is 1.54. The predicted molar refractivity (Wildman–Crippen MR) is 91.7 cm³/mol. The lowest BCUT2D eigenvalue weighted by molar-refractivity contribution is -0.139. The molecule has 0 aliphatic rings. The molecule has 0 fully saturated rings. The van der Waals surface area contributed by atoms with Gasteiger partial charge in [-0.25, -0.2) is 0 Å². The van der Waals surface area contributed by atoms with Gasteiger partial charge < -0.3 is 19.5 Å². The van der Waals surface area contributed by atoms with E-state index in [0.29, 0.717) is 17.3 Å². The highest BCUT2D eigenvalue weighted by Crippen LogP contribution is 2.17. The van der Waals surface area contributed by atoms with Crippen LogP contribution in [-0.2, 0) is 9.59 Å². The van der Waals surface area contributed by atoms with E-state index in [9.17, 15) is 9.59 Å². The zero-order valence-electron chi connectivity index (χ0n) is 13.6. The van der Waals surface area contributed by atoms with E-state index in [1.165, 1.54) is 11.9 Å². The van der Waals surface area contributed by atoms with Crippen LogP contribution in [0.5, 0.6) is 5.75 Å². The van der Waals surface area contributed by atoms with E-state index < -0.39 is 6.10 Å². The summed E-state index contributed by atoms with van der Waals surface area (Å²) in [6.45, 7) is 3.25. The first-order valence-electron chi connectivity index (χ1n) is 7.25. The fourth-order valence-corrected chi connectivity index (χ4v) is 2.24. The lowest BCUT2D eigenvalue weighted by Crippen LogP contribution is -2.42. The van der Waals surface area contributed by atoms with Gasteiger partial charge in [-0.15, -0.1) is 0 Å². The number of nitrogens with zero attached hydrogens (tertiary/aromatic N) is 2. The molecule has 0 saturated heterocycles. The largest absolute Gasteiger partial charge is 0.481 e. The van der Waals surface area contributed by atoms with E-state index in [1.807, 2.05) is 12.1 Å². The van der Waals surface area contributed by atoms with Crippen LogP contribution in [0.25, 0.3) is 0 Å². The number of hydrogen-bond acceptors (Lipinski definition) is 5. The minimum atomic E-state index is -0.710. The van der Waals surface area contributed by atoms with Crippen molar-refractivity contribution in [2.75, 3.05) is 18.9 Å². The van der Waals surface area contributed by atoms with Gasteiger partial charge >= 0.3 is 0 Å². The monoisotopic (exact) mass is 395 g/mol. The summed E-state index contributed by atoms with van der Waals surface area (Å²) in [5, 5.41) is 6.23. The molecule has 1 atom stereocenters. The molecule has 1 aromatic carbocycles. The Balaban J connectivity index is 1.86. The molecule has 128 valence electrons. The number of carbonyl (C=O) groups excluding carboxylic acids is 2. The van der Waals surface area contributed by atoms with E-state index in [4.69, 9.17) is 9.26 Å². The Bertz CT molecular complexity index is 714. The Hall–Kier alpha value is -2.35. The second-order valence-electron chi connectivity index (χ2n) is 5.28. The SMILES string of the molecule is Cc1cc(NC(=O)CN(C)C(=O)[C@H](C)Oc2ccc(Br)cc2)no1. The number of amides is 2. The molecule has 0 unspecified atom stereocenters. The van der Waals surface area contributed by atoms with Gasteiger partial charge in [0.05, 0.1) is 6.54 Å². The number of nitrogens with one attached hydrogen (secondary N) is 1. The topological polar surface area (TPSA) is 84.7 Å². The molecule has 0 aliphatic carbocycles. The molecule has 2 amide bonds. The third kappa shape index (κ3) is 5.09. The quantitative estimate of drug-likeness (QED) is 0.812. The highest BCUT2D eigenvalue weighted by atomic mass is 79.9. The molecule has 2 rings (SSSR count). The molecular formula is C16H18BrN3O4. The highest BCUT2D eigenvalue weighted by Gasteiger charge is 2.21. The predicted octanol–water partition coefficient (Wildman–Crippen LogP) is 2.61. The lowest BCUT2D eigenvalue weighted by atomic mass is 10.3. The molecular weight excluding hydrogens is 378 g/mol. The molecule has 0 aliphatic heterocycles. The summed E-state index contributed by atoms with van der Waals surface area (Å²) in [5.74, 6) is 0.818. The number of aryl methyl sites for hydroxylation is 1. The minimum absolute atomic E-state index is 0.112. The standard InChI is InChI=1S/C16H18BrN3O4/c1-10-8-14(19-24-10)18-15(21)9-20(3)16(22)11(2)23-13-6-4-12(17)5-7-13/h4-8,11H,9H2,1-3H3,(H,18,19,21)/t11-/m0/s1. The third-order valence-corrected chi connectivity index (χ3v) is 3.66. The van der Waals surface area contributed by atoms with Gasteiger partial charge in [0.1, 0.15) is 11.5 Å². The molecule has 2 aromatic rings. The van der Waals surface area contributed by atoms with Gasteiger partial charge in [0, 0.05) is 17.6 Å². The van der Waals surface area contributed by atoms with Crippen molar-refractivity contribution in [2.45, 2.75) is 20.0 Å². The fourth-order valence-electron chi connectivity index (χ4n) is 1.98. The second-order valence-corrected chi connectivity index (χ2v) is 6.19. The molecule has 7 nitrogen and oxygen atoms in total. The zero-order chi connectivity index (χ0) is 17.7. The van der Waals surface area contributed by atoms with Crippen molar-refractivity contribution < 1.29 is 18.8 Å². The number of likely N-dealkylation sites (N-methyl/N-ethyl adjacent to an activating group) is 1. The number of ether oxygens (including phenoxy) is 1. The first kappa shape index (κ1) is 18.0. The number of hydrogen-bond donors (Lipinski definition) is 1. The average Bonchev–Trinajstić information content (AvgIpc) is 2.93. The van der Waals surface area contributed by atoms with Gasteiger partial charge in [-0.3, -0.25) is 9.59 Å². The van der Waals surface area contributed by atoms with Gasteiger partial charge in [-0.2, -0.15) is 0 Å². The van der Waals surface area contributed by atoms with Crippen LogP contribution >= 0.6 is 15.9 Å². The summed E-state index contributed by atoms with van der Waals surface area (Å²) in [6.07, 6.45) is -0.710. The number of rotatable bonds is 6. The van der Waals surface area contributed by atoms with E-state index >= 15 is 0 Å². The molecule has 0 radical (unpaired) electrons. The van der Waals surface area contributed by atoms with Crippen molar-refractivity contribution in [1.29, 1.82) is 0 Å². The maximum Gasteiger partial charge on any atom is 0.263 e. The van der Waals surface area contributed by atoms with Gasteiger partial charge in [-0.05, 0) is 38.1 Å². The zero-order valence-corrected chi connectivity index (χ0v) is 15.2. The molecule has 1 aromatic heterocycles. The van der Waals surface area contributed by atoms with Crippen molar-refractivity contribution in [3.8, 4) is 5.75 Å². The maximum absolute atomic E-state index is 12.3.